The lowest BCUT2D eigenvalue weighted by Crippen LogP contribution is -1.97. The smallest absolute Gasteiger partial charge is 0.0512 e. The fourth-order valence-electron chi connectivity index (χ4n) is 2.09. The quantitative estimate of drug-likeness (QED) is 0.468. The summed E-state index contributed by atoms with van der Waals surface area (Å²) in [5.74, 6) is 0. The Morgan fingerprint density at radius 2 is 0.850 bits per heavy atom. The van der Waals surface area contributed by atoms with Crippen LogP contribution in [0.4, 0.5) is 0 Å². The average molecular weight is 289 g/mol. The minimum Gasteiger partial charge on any atom is -0.393 e. The molecule has 0 heterocycles. The molecule has 0 fully saturated rings. The molecule has 0 aromatic rings. The van der Waals surface area contributed by atoms with Crippen molar-refractivity contribution in [3.05, 3.63) is 0 Å². The van der Waals surface area contributed by atoms with E-state index in [2.05, 4.69) is 13.8 Å². The first-order valence-corrected chi connectivity index (χ1v) is 8.90. The Labute approximate surface area is 128 Å². The lowest BCUT2D eigenvalue weighted by atomic mass is 10.1. The van der Waals surface area contributed by atoms with E-state index in [4.69, 9.17) is 10.2 Å². The normalized spacial score (nSPS) is 13.5. The predicted molar refractivity (Wildman–Crippen MR) is 90.1 cm³/mol. The molecule has 0 saturated heterocycles. The van der Waals surface area contributed by atoms with Gasteiger partial charge in [0.1, 0.15) is 0 Å². The second-order valence-electron chi connectivity index (χ2n) is 6.10. The molecule has 2 unspecified atom stereocenters. The van der Waals surface area contributed by atoms with Gasteiger partial charge >= 0.3 is 0 Å². The van der Waals surface area contributed by atoms with Gasteiger partial charge in [-0.2, -0.15) is 0 Å². The molecular weight excluding hydrogens is 248 g/mol. The van der Waals surface area contributed by atoms with Crippen LogP contribution in [0.5, 0.6) is 0 Å². The van der Waals surface area contributed by atoms with E-state index in [1.54, 1.807) is 0 Å². The Bertz CT molecular complexity index is 137. The van der Waals surface area contributed by atoms with Gasteiger partial charge in [-0.15, -0.1) is 0 Å². The molecule has 20 heavy (non-hydrogen) atoms. The number of aliphatic hydroxyl groups is 2. The van der Waals surface area contributed by atoms with E-state index in [-0.39, 0.29) is 12.2 Å². The number of aliphatic hydroxyl groups excluding tert-OH is 2. The number of unbranched alkanes of at least 4 members (excludes halogenated alkanes) is 8. The van der Waals surface area contributed by atoms with Crippen LogP contribution in [0.25, 0.3) is 0 Å². The Morgan fingerprint density at radius 1 is 0.550 bits per heavy atom. The monoisotopic (exact) mass is 288 g/mol. The van der Waals surface area contributed by atoms with Crippen LogP contribution < -0.4 is 0 Å². The van der Waals surface area contributed by atoms with Crippen molar-refractivity contribution in [3.8, 4) is 0 Å². The second kappa shape index (κ2) is 18.9. The summed E-state index contributed by atoms with van der Waals surface area (Å²) < 4.78 is 0. The third-order valence-electron chi connectivity index (χ3n) is 3.45. The van der Waals surface area contributed by atoms with Crippen LogP contribution in [0, 0.1) is 0 Å². The molecule has 0 aliphatic heterocycles. The molecule has 0 aromatic heterocycles. The minimum atomic E-state index is -0.0957. The van der Waals surface area contributed by atoms with E-state index in [1.807, 2.05) is 13.8 Å². The third kappa shape index (κ3) is 26.5. The van der Waals surface area contributed by atoms with Crippen LogP contribution in [-0.2, 0) is 0 Å². The van der Waals surface area contributed by atoms with Crippen LogP contribution in [0.1, 0.15) is 105 Å². The maximum Gasteiger partial charge on any atom is 0.0512 e. The van der Waals surface area contributed by atoms with Gasteiger partial charge in [-0.1, -0.05) is 78.1 Å². The molecule has 0 saturated carbocycles. The molecule has 0 rings (SSSR count). The first kappa shape index (κ1) is 22.2. The van der Waals surface area contributed by atoms with Crippen LogP contribution in [0.3, 0.4) is 0 Å². The molecule has 0 amide bonds. The largest absolute Gasteiger partial charge is 0.393 e. The second-order valence-corrected chi connectivity index (χ2v) is 6.10. The van der Waals surface area contributed by atoms with Crippen molar-refractivity contribution in [1.29, 1.82) is 0 Å². The standard InChI is InChI=1S/2C9H20O/c2*1-3-4-5-6-7-8-9(2)10/h2*9-10H,3-8H2,1-2H3. The highest BCUT2D eigenvalue weighted by molar-refractivity contribution is 4.49. The van der Waals surface area contributed by atoms with Crippen LogP contribution >= 0.6 is 0 Å². The lowest BCUT2D eigenvalue weighted by molar-refractivity contribution is 0.180. The van der Waals surface area contributed by atoms with Gasteiger partial charge < -0.3 is 10.2 Å². The summed E-state index contributed by atoms with van der Waals surface area (Å²) in [7, 11) is 0. The molecule has 2 nitrogen and oxygen atoms in total. The van der Waals surface area contributed by atoms with E-state index in [0.717, 1.165) is 12.8 Å². The molecule has 0 spiro atoms. The summed E-state index contributed by atoms with van der Waals surface area (Å²) in [6.45, 7) is 8.16. The Morgan fingerprint density at radius 3 is 1.10 bits per heavy atom. The molecular formula is C18H40O2. The van der Waals surface area contributed by atoms with Gasteiger partial charge in [0.25, 0.3) is 0 Å². The third-order valence-corrected chi connectivity index (χ3v) is 3.45. The van der Waals surface area contributed by atoms with Gasteiger partial charge in [0.2, 0.25) is 0 Å². The molecule has 0 aromatic carbocycles. The van der Waals surface area contributed by atoms with Crippen molar-refractivity contribution in [3.63, 3.8) is 0 Å². The molecule has 2 N–H and O–H groups in total. The molecule has 0 radical (unpaired) electrons. The summed E-state index contributed by atoms with van der Waals surface area (Å²) in [4.78, 5) is 0. The molecule has 0 bridgehead atoms. The topological polar surface area (TPSA) is 40.5 Å². The van der Waals surface area contributed by atoms with Gasteiger partial charge in [0.05, 0.1) is 12.2 Å². The summed E-state index contributed by atoms with van der Waals surface area (Å²) in [5, 5.41) is 17.8. The van der Waals surface area contributed by atoms with Crippen molar-refractivity contribution < 1.29 is 10.2 Å². The fourth-order valence-corrected chi connectivity index (χ4v) is 2.09. The molecule has 0 aliphatic rings. The first-order chi connectivity index (χ1) is 9.54. The highest BCUT2D eigenvalue weighted by atomic mass is 16.3. The van der Waals surface area contributed by atoms with Crippen molar-refractivity contribution >= 4 is 0 Å². The fraction of sp³-hybridized carbons (Fsp3) is 1.00. The van der Waals surface area contributed by atoms with Gasteiger partial charge in [-0.3, -0.25) is 0 Å². The average Bonchev–Trinajstić information content (AvgIpc) is 2.38. The highest BCUT2D eigenvalue weighted by Gasteiger charge is 1.94. The maximum atomic E-state index is 8.91. The van der Waals surface area contributed by atoms with Gasteiger partial charge in [0.15, 0.2) is 0 Å². The molecule has 2 atom stereocenters. The van der Waals surface area contributed by atoms with Crippen LogP contribution in [-0.4, -0.2) is 22.4 Å². The van der Waals surface area contributed by atoms with Crippen LogP contribution in [0.15, 0.2) is 0 Å². The van der Waals surface area contributed by atoms with E-state index in [1.165, 1.54) is 64.2 Å². The number of hydrogen-bond acceptors (Lipinski definition) is 2. The highest BCUT2D eigenvalue weighted by Crippen LogP contribution is 2.07. The van der Waals surface area contributed by atoms with E-state index in [0.29, 0.717) is 0 Å². The van der Waals surface area contributed by atoms with Gasteiger partial charge in [0, 0.05) is 0 Å². The number of rotatable bonds is 12. The minimum absolute atomic E-state index is 0.0957. The molecule has 0 aliphatic carbocycles. The Hall–Kier alpha value is -0.0800. The van der Waals surface area contributed by atoms with Crippen LogP contribution in [0.2, 0.25) is 0 Å². The van der Waals surface area contributed by atoms with Crippen molar-refractivity contribution in [2.75, 3.05) is 0 Å². The number of hydrogen-bond donors (Lipinski definition) is 2. The van der Waals surface area contributed by atoms with Crippen molar-refractivity contribution in [2.24, 2.45) is 0 Å². The Balaban J connectivity index is 0. The zero-order valence-corrected chi connectivity index (χ0v) is 14.5. The van der Waals surface area contributed by atoms with Gasteiger partial charge in [-0.25, -0.2) is 0 Å². The van der Waals surface area contributed by atoms with Gasteiger partial charge in [-0.05, 0) is 26.7 Å². The Kier molecular flexibility index (Phi) is 21.0. The summed E-state index contributed by atoms with van der Waals surface area (Å²) in [6.07, 6.45) is 14.7. The zero-order chi connectivity index (χ0) is 15.6. The summed E-state index contributed by atoms with van der Waals surface area (Å²) >= 11 is 0. The van der Waals surface area contributed by atoms with E-state index >= 15 is 0 Å². The van der Waals surface area contributed by atoms with E-state index < -0.39 is 0 Å². The van der Waals surface area contributed by atoms with E-state index in [9.17, 15) is 0 Å². The SMILES string of the molecule is CCCCCCCC(C)O.CCCCCCCC(C)O. The zero-order valence-electron chi connectivity index (χ0n) is 14.5. The van der Waals surface area contributed by atoms with Crippen molar-refractivity contribution in [1.82, 2.24) is 0 Å². The summed E-state index contributed by atoms with van der Waals surface area (Å²) in [5.41, 5.74) is 0. The summed E-state index contributed by atoms with van der Waals surface area (Å²) in [6, 6.07) is 0. The molecule has 2 heteroatoms. The molecule has 124 valence electrons. The lowest BCUT2D eigenvalue weighted by Gasteiger charge is -2.02. The maximum absolute atomic E-state index is 8.91. The van der Waals surface area contributed by atoms with Crippen molar-refractivity contribution in [2.45, 2.75) is 117 Å². The predicted octanol–water partition coefficient (Wildman–Crippen LogP) is 5.46. The first-order valence-electron chi connectivity index (χ1n) is 8.90.